The number of nitrogens with two attached hydrogens (primary N) is 1. The molecule has 3 heteroatoms. The van der Waals surface area contributed by atoms with Crippen molar-refractivity contribution >= 4 is 22.5 Å². The summed E-state index contributed by atoms with van der Waals surface area (Å²) in [5.74, 6) is 0.469. The molecular weight excluding hydrogens is 284 g/mol. The first-order chi connectivity index (χ1) is 11.1. The Morgan fingerprint density at radius 1 is 1.04 bits per heavy atom. The molecule has 0 aromatic heterocycles. The number of primary amides is 1. The van der Waals surface area contributed by atoms with Gasteiger partial charge in [0.05, 0.1) is 5.69 Å². The van der Waals surface area contributed by atoms with Crippen molar-refractivity contribution in [1.29, 1.82) is 0 Å². The molecule has 0 saturated heterocycles. The number of rotatable bonds is 7. The largest absolute Gasteiger partial charge is 0.351 e. The van der Waals surface area contributed by atoms with E-state index in [1.807, 2.05) is 24.3 Å². The van der Waals surface area contributed by atoms with E-state index in [2.05, 4.69) is 39.0 Å². The standard InChI is InChI=1S/C20H28N2O/c1-4-9-16(10-5-2)15(3)22(20(21)23)19-14-8-12-17-11-6-7-13-18(17)19/h6-8,11-16H,4-5,9-10H2,1-3H3,(H2,21,23). The lowest BCUT2D eigenvalue weighted by molar-refractivity contribution is 0.247. The van der Waals surface area contributed by atoms with Crippen LogP contribution in [0.2, 0.25) is 0 Å². The van der Waals surface area contributed by atoms with Crippen LogP contribution in [0.3, 0.4) is 0 Å². The maximum absolute atomic E-state index is 12.2. The zero-order chi connectivity index (χ0) is 16.8. The predicted octanol–water partition coefficient (Wildman–Crippen LogP) is 5.33. The minimum Gasteiger partial charge on any atom is -0.351 e. The van der Waals surface area contributed by atoms with Gasteiger partial charge in [0.25, 0.3) is 0 Å². The summed E-state index contributed by atoms with van der Waals surface area (Å²) in [6.07, 6.45) is 4.47. The molecule has 0 spiro atoms. The van der Waals surface area contributed by atoms with Crippen molar-refractivity contribution < 1.29 is 4.79 Å². The molecule has 0 heterocycles. The molecule has 23 heavy (non-hydrogen) atoms. The quantitative estimate of drug-likeness (QED) is 0.738. The van der Waals surface area contributed by atoms with E-state index < -0.39 is 0 Å². The molecular formula is C20H28N2O. The van der Waals surface area contributed by atoms with E-state index in [-0.39, 0.29) is 12.1 Å². The maximum Gasteiger partial charge on any atom is 0.319 e. The first-order valence-electron chi connectivity index (χ1n) is 8.66. The van der Waals surface area contributed by atoms with Gasteiger partial charge in [-0.2, -0.15) is 0 Å². The summed E-state index contributed by atoms with van der Waals surface area (Å²) in [4.78, 5) is 14.0. The van der Waals surface area contributed by atoms with Gasteiger partial charge < -0.3 is 5.73 Å². The van der Waals surface area contributed by atoms with E-state index in [4.69, 9.17) is 5.73 Å². The summed E-state index contributed by atoms with van der Waals surface area (Å²) in [7, 11) is 0. The second kappa shape index (κ2) is 8.00. The van der Waals surface area contributed by atoms with Crippen LogP contribution in [0, 0.1) is 5.92 Å². The van der Waals surface area contributed by atoms with Gasteiger partial charge in [-0.3, -0.25) is 4.90 Å². The highest BCUT2D eigenvalue weighted by Crippen LogP contribution is 2.32. The zero-order valence-corrected chi connectivity index (χ0v) is 14.5. The molecule has 0 aliphatic rings. The molecule has 2 N–H and O–H groups in total. The number of carbonyl (C=O) groups excluding carboxylic acids is 1. The molecule has 124 valence electrons. The molecule has 0 aliphatic carbocycles. The third-order valence-electron chi connectivity index (χ3n) is 4.67. The minimum atomic E-state index is -0.369. The van der Waals surface area contributed by atoms with Gasteiger partial charge in [-0.25, -0.2) is 4.79 Å². The Hall–Kier alpha value is -2.03. The smallest absolute Gasteiger partial charge is 0.319 e. The van der Waals surface area contributed by atoms with Crippen molar-refractivity contribution in [3.05, 3.63) is 42.5 Å². The minimum absolute atomic E-state index is 0.0956. The van der Waals surface area contributed by atoms with E-state index in [0.717, 1.165) is 42.1 Å². The average Bonchev–Trinajstić information content (AvgIpc) is 2.54. The van der Waals surface area contributed by atoms with Gasteiger partial charge in [-0.15, -0.1) is 0 Å². The molecule has 1 atom stereocenters. The number of hydrogen-bond acceptors (Lipinski definition) is 1. The summed E-state index contributed by atoms with van der Waals surface area (Å²) in [6.45, 7) is 6.52. The molecule has 2 aromatic carbocycles. The second-order valence-corrected chi connectivity index (χ2v) is 6.28. The third kappa shape index (κ3) is 3.84. The molecule has 0 saturated carbocycles. The fourth-order valence-corrected chi connectivity index (χ4v) is 3.54. The number of carbonyl (C=O) groups is 1. The molecule has 0 bridgehead atoms. The van der Waals surface area contributed by atoms with Crippen molar-refractivity contribution in [1.82, 2.24) is 0 Å². The van der Waals surface area contributed by atoms with Crippen LogP contribution in [0.1, 0.15) is 46.5 Å². The summed E-state index contributed by atoms with van der Waals surface area (Å²) < 4.78 is 0. The molecule has 3 nitrogen and oxygen atoms in total. The molecule has 0 aliphatic heterocycles. The third-order valence-corrected chi connectivity index (χ3v) is 4.67. The van der Waals surface area contributed by atoms with E-state index >= 15 is 0 Å². The predicted molar refractivity (Wildman–Crippen MR) is 98.8 cm³/mol. The Morgan fingerprint density at radius 2 is 1.65 bits per heavy atom. The lowest BCUT2D eigenvalue weighted by Gasteiger charge is -2.34. The molecule has 2 rings (SSSR count). The van der Waals surface area contributed by atoms with E-state index in [1.165, 1.54) is 0 Å². The Morgan fingerprint density at radius 3 is 2.26 bits per heavy atom. The van der Waals surface area contributed by atoms with Gasteiger partial charge >= 0.3 is 6.03 Å². The van der Waals surface area contributed by atoms with Gasteiger partial charge in [-0.05, 0) is 37.1 Å². The van der Waals surface area contributed by atoms with Crippen LogP contribution in [-0.2, 0) is 0 Å². The number of fused-ring (bicyclic) bond motifs is 1. The number of amides is 2. The van der Waals surface area contributed by atoms with Crippen LogP contribution in [0.25, 0.3) is 10.8 Å². The average molecular weight is 312 g/mol. The van der Waals surface area contributed by atoms with Crippen molar-refractivity contribution in [3.63, 3.8) is 0 Å². The zero-order valence-electron chi connectivity index (χ0n) is 14.5. The monoisotopic (exact) mass is 312 g/mol. The lowest BCUT2D eigenvalue weighted by Crippen LogP contribution is -2.46. The number of anilines is 1. The SMILES string of the molecule is CCCC(CCC)C(C)N(C(N)=O)c1cccc2ccccc12. The number of benzene rings is 2. The Balaban J connectivity index is 2.46. The normalized spacial score (nSPS) is 12.5. The Bertz CT molecular complexity index is 642. The molecule has 0 fully saturated rings. The van der Waals surface area contributed by atoms with Gasteiger partial charge in [0.2, 0.25) is 0 Å². The van der Waals surface area contributed by atoms with Gasteiger partial charge in [0.15, 0.2) is 0 Å². The maximum atomic E-state index is 12.2. The lowest BCUT2D eigenvalue weighted by atomic mass is 9.90. The fraction of sp³-hybridized carbons (Fsp3) is 0.450. The highest BCUT2D eigenvalue weighted by Gasteiger charge is 2.27. The molecule has 2 aromatic rings. The fourth-order valence-electron chi connectivity index (χ4n) is 3.54. The highest BCUT2D eigenvalue weighted by atomic mass is 16.2. The summed E-state index contributed by atoms with van der Waals surface area (Å²) in [6, 6.07) is 13.9. The van der Waals surface area contributed by atoms with Crippen molar-refractivity contribution in [3.8, 4) is 0 Å². The summed E-state index contributed by atoms with van der Waals surface area (Å²) in [5, 5.41) is 2.21. The van der Waals surface area contributed by atoms with E-state index in [0.29, 0.717) is 5.92 Å². The summed E-state index contributed by atoms with van der Waals surface area (Å²) in [5.41, 5.74) is 6.69. The molecule has 0 radical (unpaired) electrons. The first kappa shape index (κ1) is 17.3. The topological polar surface area (TPSA) is 46.3 Å². The highest BCUT2D eigenvalue weighted by molar-refractivity contribution is 6.03. The molecule has 2 amide bonds. The van der Waals surface area contributed by atoms with E-state index in [1.54, 1.807) is 4.90 Å². The van der Waals surface area contributed by atoms with E-state index in [9.17, 15) is 4.79 Å². The molecule has 1 unspecified atom stereocenters. The van der Waals surface area contributed by atoms with Crippen LogP contribution in [-0.4, -0.2) is 12.1 Å². The number of urea groups is 1. The number of nitrogens with zero attached hydrogens (tertiary/aromatic N) is 1. The van der Waals surface area contributed by atoms with Gasteiger partial charge in [0.1, 0.15) is 0 Å². The Labute approximate surface area is 139 Å². The van der Waals surface area contributed by atoms with Gasteiger partial charge in [0, 0.05) is 11.4 Å². The van der Waals surface area contributed by atoms with Crippen LogP contribution in [0.15, 0.2) is 42.5 Å². The van der Waals surface area contributed by atoms with Crippen molar-refractivity contribution in [2.75, 3.05) is 4.90 Å². The van der Waals surface area contributed by atoms with Crippen LogP contribution in [0.5, 0.6) is 0 Å². The number of hydrogen-bond donors (Lipinski definition) is 1. The van der Waals surface area contributed by atoms with Gasteiger partial charge in [-0.1, -0.05) is 63.1 Å². The Kier molecular flexibility index (Phi) is 6.03. The van der Waals surface area contributed by atoms with Crippen LogP contribution >= 0.6 is 0 Å². The van der Waals surface area contributed by atoms with Crippen molar-refractivity contribution in [2.24, 2.45) is 11.7 Å². The van der Waals surface area contributed by atoms with Crippen LogP contribution < -0.4 is 10.6 Å². The second-order valence-electron chi connectivity index (χ2n) is 6.28. The summed E-state index contributed by atoms with van der Waals surface area (Å²) >= 11 is 0. The van der Waals surface area contributed by atoms with Crippen molar-refractivity contribution in [2.45, 2.75) is 52.5 Å². The first-order valence-corrected chi connectivity index (χ1v) is 8.66. The van der Waals surface area contributed by atoms with Crippen LogP contribution in [0.4, 0.5) is 10.5 Å².